The van der Waals surface area contributed by atoms with Gasteiger partial charge in [-0.05, 0) is 38.5 Å². The highest BCUT2D eigenvalue weighted by molar-refractivity contribution is 7.46. The van der Waals surface area contributed by atoms with E-state index in [9.17, 15) is 14.2 Å². The van der Waals surface area contributed by atoms with Gasteiger partial charge in [-0.2, -0.15) is 0 Å². The average Bonchev–Trinajstić information content (AvgIpc) is 3.05. The van der Waals surface area contributed by atoms with Crippen LogP contribution < -0.4 is 0 Å². The molecule has 0 aliphatic heterocycles. The van der Waals surface area contributed by atoms with E-state index >= 15 is 0 Å². The van der Waals surface area contributed by atoms with Gasteiger partial charge in [-0.3, -0.25) is 9.32 Å². The Morgan fingerprint density at radius 3 is 1.62 bits per heavy atom. The third kappa shape index (κ3) is 36.3. The number of hydrogen-bond acceptors (Lipinski definition) is 6. The molecule has 9 heteroatoms. The molecule has 2 N–H and O–H groups in total. The molecule has 0 aromatic rings. The van der Waals surface area contributed by atoms with Crippen LogP contribution in [0.25, 0.3) is 0 Å². The monoisotopic (exact) mass is 692 g/mol. The summed E-state index contributed by atoms with van der Waals surface area (Å²) in [4.78, 5) is 42.5. The molecule has 0 spiro atoms. The lowest BCUT2D eigenvalue weighted by atomic mass is 10.1. The van der Waals surface area contributed by atoms with E-state index in [-0.39, 0.29) is 13.0 Å². The van der Waals surface area contributed by atoms with Crippen molar-refractivity contribution < 1.29 is 37.9 Å². The van der Waals surface area contributed by atoms with Gasteiger partial charge in [0.2, 0.25) is 0 Å². The number of allylic oxidation sites excluding steroid dienone is 11. The maximum Gasteiger partial charge on any atom is 0.469 e. The van der Waals surface area contributed by atoms with Crippen LogP contribution in [0.2, 0.25) is 0 Å². The molecule has 0 aromatic heterocycles. The molecule has 1 atom stereocenters. The number of esters is 2. The van der Waals surface area contributed by atoms with Gasteiger partial charge in [-0.15, -0.1) is 0 Å². The summed E-state index contributed by atoms with van der Waals surface area (Å²) in [5.41, 5.74) is 0. The third-order valence-electron chi connectivity index (χ3n) is 7.41. The lowest BCUT2D eigenvalue weighted by Gasteiger charge is -2.18. The standard InChI is InChI=1S/C39H65O8P/c1-3-5-7-9-11-13-15-17-19-21-23-25-27-29-31-33-38(40)45-35-37(36-46-48(42,43)44)47-39(41)34-32-30-28-26-24-22-20-18-16-14-12-10-8-6-4-2/h6,8,10,12,14,16,18,20,27,29,31,33,37H,3-5,7,9,11,13,15,17,19,21-26,28,30,32,34-36H2,1-2H3,(H2,42,43,44)/b8-6+,12-10+,16-14+,20-18+,29-27+,33-31+/t37-/m1/s1. The van der Waals surface area contributed by atoms with Gasteiger partial charge in [0.1, 0.15) is 6.61 Å². The van der Waals surface area contributed by atoms with Gasteiger partial charge < -0.3 is 19.3 Å². The topological polar surface area (TPSA) is 119 Å². The average molecular weight is 693 g/mol. The predicted octanol–water partition coefficient (Wildman–Crippen LogP) is 10.7. The van der Waals surface area contributed by atoms with E-state index in [0.717, 1.165) is 51.4 Å². The van der Waals surface area contributed by atoms with Crippen LogP contribution in [0.5, 0.6) is 0 Å². The molecule has 0 fully saturated rings. The van der Waals surface area contributed by atoms with Crippen molar-refractivity contribution >= 4 is 19.8 Å². The Bertz CT molecular complexity index is 1010. The fraction of sp³-hybridized carbons (Fsp3) is 0.641. The summed E-state index contributed by atoms with van der Waals surface area (Å²) in [7, 11) is -4.78. The van der Waals surface area contributed by atoms with E-state index in [0.29, 0.717) is 6.42 Å². The lowest BCUT2D eigenvalue weighted by Crippen LogP contribution is -2.29. The normalized spacial score (nSPS) is 13.3. The molecule has 0 bridgehead atoms. The summed E-state index contributed by atoms with van der Waals surface area (Å²) in [5.74, 6) is -1.17. The van der Waals surface area contributed by atoms with Crippen molar-refractivity contribution in [1.82, 2.24) is 0 Å². The maximum atomic E-state index is 12.3. The van der Waals surface area contributed by atoms with Crippen LogP contribution in [-0.4, -0.2) is 41.0 Å². The summed E-state index contributed by atoms with van der Waals surface area (Å²) >= 11 is 0. The van der Waals surface area contributed by atoms with E-state index in [2.05, 4.69) is 30.5 Å². The van der Waals surface area contributed by atoms with Crippen LogP contribution in [0, 0.1) is 0 Å². The molecule has 274 valence electrons. The number of phosphoric ester groups is 1. The second-order valence-electron chi connectivity index (χ2n) is 12.0. The van der Waals surface area contributed by atoms with Crippen LogP contribution in [0.3, 0.4) is 0 Å². The quantitative estimate of drug-likeness (QED) is 0.0235. The van der Waals surface area contributed by atoms with Crippen molar-refractivity contribution in [3.05, 3.63) is 72.9 Å². The second kappa shape index (κ2) is 34.4. The Morgan fingerprint density at radius 1 is 0.604 bits per heavy atom. The van der Waals surface area contributed by atoms with Gasteiger partial charge in [0.05, 0.1) is 6.61 Å². The molecule has 0 aliphatic rings. The minimum Gasteiger partial charge on any atom is -0.458 e. The Balaban J connectivity index is 4.15. The highest BCUT2D eigenvalue weighted by atomic mass is 31.2. The fourth-order valence-corrected chi connectivity index (χ4v) is 5.07. The van der Waals surface area contributed by atoms with Gasteiger partial charge in [0, 0.05) is 12.5 Å². The Morgan fingerprint density at radius 2 is 1.08 bits per heavy atom. The van der Waals surface area contributed by atoms with Gasteiger partial charge in [0.15, 0.2) is 6.10 Å². The third-order valence-corrected chi connectivity index (χ3v) is 7.89. The Labute approximate surface area is 291 Å². The molecule has 0 aromatic carbocycles. The number of phosphoric acid groups is 1. The van der Waals surface area contributed by atoms with Crippen molar-refractivity contribution in [1.29, 1.82) is 0 Å². The maximum absolute atomic E-state index is 12.3. The number of ether oxygens (including phenoxy) is 2. The van der Waals surface area contributed by atoms with E-state index < -0.39 is 32.5 Å². The lowest BCUT2D eigenvalue weighted by molar-refractivity contribution is -0.159. The summed E-state index contributed by atoms with van der Waals surface area (Å²) in [5, 5.41) is 0. The molecule has 48 heavy (non-hydrogen) atoms. The zero-order valence-corrected chi connectivity index (χ0v) is 30.7. The number of rotatable bonds is 32. The van der Waals surface area contributed by atoms with Crippen LogP contribution in [0.1, 0.15) is 142 Å². The van der Waals surface area contributed by atoms with E-state index in [1.807, 2.05) is 42.5 Å². The first-order valence-corrected chi connectivity index (χ1v) is 19.9. The second-order valence-corrected chi connectivity index (χ2v) is 13.2. The van der Waals surface area contributed by atoms with Crippen molar-refractivity contribution in [3.8, 4) is 0 Å². The summed E-state index contributed by atoms with van der Waals surface area (Å²) < 4.78 is 26.1. The first-order valence-electron chi connectivity index (χ1n) is 18.3. The molecule has 0 heterocycles. The molecular formula is C39H65O8P. The van der Waals surface area contributed by atoms with Crippen molar-refractivity contribution in [2.24, 2.45) is 0 Å². The number of carbonyl (C=O) groups excluding carboxylic acids is 2. The summed E-state index contributed by atoms with van der Waals surface area (Å²) in [6.45, 7) is 3.40. The number of carbonyl (C=O) groups is 2. The molecule has 0 radical (unpaired) electrons. The molecule has 0 aliphatic carbocycles. The highest BCUT2D eigenvalue weighted by Gasteiger charge is 2.22. The van der Waals surface area contributed by atoms with Crippen LogP contribution in [0.15, 0.2) is 72.9 Å². The van der Waals surface area contributed by atoms with Gasteiger partial charge in [0.25, 0.3) is 0 Å². The predicted molar refractivity (Wildman–Crippen MR) is 197 cm³/mol. The molecule has 0 unspecified atom stereocenters. The van der Waals surface area contributed by atoms with Crippen LogP contribution in [-0.2, 0) is 28.2 Å². The number of unbranched alkanes of at least 4 members (excludes halogenated alkanes) is 16. The molecular weight excluding hydrogens is 627 g/mol. The first-order chi connectivity index (χ1) is 23.3. The Hall–Kier alpha value is -2.51. The van der Waals surface area contributed by atoms with E-state index in [1.165, 1.54) is 70.3 Å². The zero-order valence-electron chi connectivity index (χ0n) is 29.9. The summed E-state index contributed by atoms with van der Waals surface area (Å²) in [6, 6.07) is 0. The van der Waals surface area contributed by atoms with Crippen LogP contribution in [0.4, 0.5) is 0 Å². The highest BCUT2D eigenvalue weighted by Crippen LogP contribution is 2.35. The van der Waals surface area contributed by atoms with Gasteiger partial charge in [-0.25, -0.2) is 9.36 Å². The van der Waals surface area contributed by atoms with E-state index in [4.69, 9.17) is 19.3 Å². The largest absolute Gasteiger partial charge is 0.469 e. The molecule has 0 saturated carbocycles. The molecule has 0 rings (SSSR count). The fourth-order valence-electron chi connectivity index (χ4n) is 4.71. The first kappa shape index (κ1) is 45.5. The smallest absolute Gasteiger partial charge is 0.458 e. The van der Waals surface area contributed by atoms with Gasteiger partial charge >= 0.3 is 19.8 Å². The van der Waals surface area contributed by atoms with Crippen LogP contribution >= 0.6 is 7.82 Å². The molecule has 8 nitrogen and oxygen atoms in total. The Kier molecular flexibility index (Phi) is 32.6. The minimum absolute atomic E-state index is 0.163. The summed E-state index contributed by atoms with van der Waals surface area (Å²) in [6.07, 6.45) is 43.9. The zero-order chi connectivity index (χ0) is 35.4. The van der Waals surface area contributed by atoms with Crippen molar-refractivity contribution in [2.75, 3.05) is 13.2 Å². The minimum atomic E-state index is -4.78. The van der Waals surface area contributed by atoms with Gasteiger partial charge in [-0.1, -0.05) is 164 Å². The van der Waals surface area contributed by atoms with Crippen molar-refractivity contribution in [2.45, 2.75) is 148 Å². The van der Waals surface area contributed by atoms with Crippen molar-refractivity contribution in [3.63, 3.8) is 0 Å². The molecule has 0 saturated heterocycles. The van der Waals surface area contributed by atoms with E-state index in [1.54, 1.807) is 12.2 Å². The molecule has 0 amide bonds. The SMILES string of the molecule is CC/C=C/C=C/C=C/C=C/CCCCCCCC(=O)O[C@H](COC(=O)/C=C/C=C/CCCCCCCCCCCCC)COP(=O)(O)O. The number of hydrogen-bond donors (Lipinski definition) is 2.